The number of aromatic nitrogens is 1. The van der Waals surface area contributed by atoms with Crippen LogP contribution in [0.15, 0.2) is 121 Å². The van der Waals surface area contributed by atoms with Gasteiger partial charge in [-0.3, -0.25) is 0 Å². The zero-order valence-electron chi connectivity index (χ0n) is 22.4. The first kappa shape index (κ1) is 22.0. The van der Waals surface area contributed by atoms with E-state index < -0.39 is 0 Å². The molecule has 5 heteroatoms. The summed E-state index contributed by atoms with van der Waals surface area (Å²) in [6.07, 6.45) is 0. The maximum atomic E-state index is 9.44. The van der Waals surface area contributed by atoms with Gasteiger partial charge < -0.3 is 14.2 Å². The maximum Gasteiger partial charge on any atom is 0.252 e. The van der Waals surface area contributed by atoms with Gasteiger partial charge in [0.05, 0.1) is 28.5 Å². The Morgan fingerprint density at radius 1 is 0.619 bits per heavy atom. The van der Waals surface area contributed by atoms with Crippen LogP contribution in [0.5, 0.6) is 11.5 Å². The highest BCUT2D eigenvalue weighted by atomic mass is 16.5. The Kier molecular flexibility index (Phi) is 4.05. The van der Waals surface area contributed by atoms with E-state index in [1.807, 2.05) is 24.3 Å². The smallest absolute Gasteiger partial charge is 0.252 e. The van der Waals surface area contributed by atoms with Crippen molar-refractivity contribution in [2.45, 2.75) is 0 Å². The molecule has 1 aromatic heterocycles. The number of benzene rings is 6. The van der Waals surface area contributed by atoms with Crippen molar-refractivity contribution in [1.29, 1.82) is 5.26 Å². The van der Waals surface area contributed by atoms with E-state index in [1.54, 1.807) is 0 Å². The predicted molar refractivity (Wildman–Crippen MR) is 170 cm³/mol. The molecule has 0 atom stereocenters. The quantitative estimate of drug-likeness (QED) is 0.213. The highest BCUT2D eigenvalue weighted by Crippen LogP contribution is 2.52. The number of para-hydroxylation sites is 5. The first-order valence-corrected chi connectivity index (χ1v) is 14.2. The van der Waals surface area contributed by atoms with Crippen LogP contribution in [-0.2, 0) is 0 Å². The summed E-state index contributed by atoms with van der Waals surface area (Å²) < 4.78 is 9.01. The Bertz CT molecular complexity index is 2360. The zero-order chi connectivity index (χ0) is 27.5. The van der Waals surface area contributed by atoms with Crippen molar-refractivity contribution in [2.24, 2.45) is 0 Å². The van der Waals surface area contributed by atoms with Gasteiger partial charge >= 0.3 is 0 Å². The first-order valence-electron chi connectivity index (χ1n) is 14.2. The Morgan fingerprint density at radius 2 is 1.36 bits per heavy atom. The summed E-state index contributed by atoms with van der Waals surface area (Å²) >= 11 is 0. The molecular formula is C37H20BN3O. The van der Waals surface area contributed by atoms with E-state index in [0.29, 0.717) is 5.56 Å². The van der Waals surface area contributed by atoms with Crippen molar-refractivity contribution in [2.75, 3.05) is 4.90 Å². The summed E-state index contributed by atoms with van der Waals surface area (Å²) in [7, 11) is 0. The molecular weight excluding hydrogens is 513 g/mol. The Labute approximate surface area is 242 Å². The topological polar surface area (TPSA) is 41.2 Å². The Balaban J connectivity index is 1.40. The fourth-order valence-electron chi connectivity index (χ4n) is 7.51. The van der Waals surface area contributed by atoms with Gasteiger partial charge in [0.25, 0.3) is 6.71 Å². The molecule has 0 unspecified atom stereocenters. The second kappa shape index (κ2) is 7.72. The van der Waals surface area contributed by atoms with Gasteiger partial charge in [-0.15, -0.1) is 0 Å². The van der Waals surface area contributed by atoms with Crippen molar-refractivity contribution in [3.05, 3.63) is 127 Å². The zero-order valence-corrected chi connectivity index (χ0v) is 22.4. The van der Waals surface area contributed by atoms with Crippen molar-refractivity contribution in [1.82, 2.24) is 4.57 Å². The fourth-order valence-corrected chi connectivity index (χ4v) is 7.51. The van der Waals surface area contributed by atoms with Crippen molar-refractivity contribution in [3.8, 4) is 34.4 Å². The number of rotatable bonds is 1. The monoisotopic (exact) mass is 533 g/mol. The van der Waals surface area contributed by atoms with Gasteiger partial charge in [-0.25, -0.2) is 0 Å². The van der Waals surface area contributed by atoms with Crippen LogP contribution in [0.2, 0.25) is 0 Å². The minimum absolute atomic E-state index is 0.0607. The minimum atomic E-state index is 0.0607. The first-order chi connectivity index (χ1) is 20.8. The summed E-state index contributed by atoms with van der Waals surface area (Å²) in [6.45, 7) is 0.0607. The number of fused-ring (bicyclic) bond motifs is 9. The maximum absolute atomic E-state index is 9.44. The van der Waals surface area contributed by atoms with Gasteiger partial charge in [0.1, 0.15) is 0 Å². The molecule has 6 aromatic carbocycles. The van der Waals surface area contributed by atoms with E-state index in [1.165, 1.54) is 43.9 Å². The van der Waals surface area contributed by atoms with Gasteiger partial charge in [0, 0.05) is 27.7 Å². The molecule has 0 spiro atoms. The summed E-state index contributed by atoms with van der Waals surface area (Å²) in [5.41, 5.74) is 13.7. The Morgan fingerprint density at radius 3 is 2.26 bits per heavy atom. The largest absolute Gasteiger partial charge is 0.453 e. The molecule has 0 saturated heterocycles. The highest BCUT2D eigenvalue weighted by molar-refractivity contribution is 7.00. The van der Waals surface area contributed by atoms with Crippen LogP contribution in [0, 0.1) is 11.3 Å². The lowest BCUT2D eigenvalue weighted by atomic mass is 9.33. The number of ether oxygens (including phenoxy) is 1. The summed E-state index contributed by atoms with van der Waals surface area (Å²) in [6, 6.07) is 45.1. The van der Waals surface area contributed by atoms with Crippen LogP contribution in [0.4, 0.5) is 17.1 Å². The van der Waals surface area contributed by atoms with Crippen LogP contribution >= 0.6 is 0 Å². The molecule has 192 valence electrons. The van der Waals surface area contributed by atoms with E-state index in [9.17, 15) is 5.26 Å². The number of anilines is 3. The third-order valence-electron chi connectivity index (χ3n) is 9.18. The molecule has 0 saturated carbocycles. The lowest BCUT2D eigenvalue weighted by molar-refractivity contribution is 0.477. The fraction of sp³-hybridized carbons (Fsp3) is 0. The van der Waals surface area contributed by atoms with Crippen LogP contribution in [0.3, 0.4) is 0 Å². The van der Waals surface area contributed by atoms with E-state index >= 15 is 0 Å². The summed E-state index contributed by atoms with van der Waals surface area (Å²) in [4.78, 5) is 2.41. The standard InChI is InChI=1S/C37H20BN3O/c39-21-22-15-17-23(18-16-22)24-19-31-35-32(20-24)41-30-12-3-4-13-33(30)42-34-14-6-10-28(37(34)41)38(35)27-9-5-8-26-25-7-1-2-11-29(25)40(31)36(26)27/h1-20H. The average Bonchev–Trinajstić information content (AvgIpc) is 3.39. The third kappa shape index (κ3) is 2.62. The van der Waals surface area contributed by atoms with Crippen molar-refractivity contribution in [3.63, 3.8) is 0 Å². The second-order valence-electron chi connectivity index (χ2n) is 11.2. The molecule has 0 bridgehead atoms. The number of hydrogen-bond acceptors (Lipinski definition) is 3. The van der Waals surface area contributed by atoms with Gasteiger partial charge in [0.2, 0.25) is 0 Å². The second-order valence-corrected chi connectivity index (χ2v) is 11.2. The third-order valence-corrected chi connectivity index (χ3v) is 9.18. The molecule has 3 aliphatic rings. The molecule has 0 amide bonds. The van der Waals surface area contributed by atoms with E-state index in [2.05, 4.69) is 113 Å². The van der Waals surface area contributed by atoms with E-state index in [-0.39, 0.29) is 6.71 Å². The summed E-state index contributed by atoms with van der Waals surface area (Å²) in [5.74, 6) is 1.73. The normalized spacial score (nSPS) is 13.3. The molecule has 0 radical (unpaired) electrons. The molecule has 10 rings (SSSR count). The molecule has 3 aliphatic heterocycles. The van der Waals surface area contributed by atoms with Crippen LogP contribution in [-0.4, -0.2) is 11.3 Å². The molecule has 0 N–H and O–H groups in total. The van der Waals surface area contributed by atoms with Crippen molar-refractivity contribution < 1.29 is 4.74 Å². The van der Waals surface area contributed by atoms with Gasteiger partial charge in [-0.1, -0.05) is 72.8 Å². The van der Waals surface area contributed by atoms with Crippen molar-refractivity contribution >= 4 is 62.0 Å². The minimum Gasteiger partial charge on any atom is -0.453 e. The highest BCUT2D eigenvalue weighted by Gasteiger charge is 2.44. The van der Waals surface area contributed by atoms with Gasteiger partial charge in [-0.05, 0) is 76.0 Å². The lowest BCUT2D eigenvalue weighted by Crippen LogP contribution is -2.60. The molecule has 4 nitrogen and oxygen atoms in total. The van der Waals surface area contributed by atoms with Crippen LogP contribution in [0.1, 0.15) is 5.56 Å². The Hall–Kier alpha value is -5.73. The number of nitriles is 1. The van der Waals surface area contributed by atoms with E-state index in [4.69, 9.17) is 4.74 Å². The molecule has 0 fully saturated rings. The predicted octanol–water partition coefficient (Wildman–Crippen LogP) is 7.04. The summed E-state index contributed by atoms with van der Waals surface area (Å²) in [5, 5.41) is 12.0. The van der Waals surface area contributed by atoms with Crippen LogP contribution in [0.25, 0.3) is 38.6 Å². The number of nitrogens with zero attached hydrogens (tertiary/aromatic N) is 3. The van der Waals surface area contributed by atoms with Gasteiger partial charge in [0.15, 0.2) is 11.5 Å². The average molecular weight is 533 g/mol. The molecule has 7 aromatic rings. The van der Waals surface area contributed by atoms with E-state index in [0.717, 1.165) is 39.7 Å². The molecule has 42 heavy (non-hydrogen) atoms. The van der Waals surface area contributed by atoms with Gasteiger partial charge in [-0.2, -0.15) is 5.26 Å². The SMILES string of the molecule is N#Cc1ccc(-c2cc3c4c(c2)-n2c5ccccc5c5cccc(c52)B4c2cccc4c2N3c2ccccc2O4)cc1. The number of hydrogen-bond donors (Lipinski definition) is 0. The molecule has 4 heterocycles. The lowest BCUT2D eigenvalue weighted by Gasteiger charge is -2.43. The molecule has 0 aliphatic carbocycles. The van der Waals surface area contributed by atoms with Crippen LogP contribution < -0.4 is 26.0 Å².